The molecular weight excluding hydrogens is 384 g/mol. The van der Waals surface area contributed by atoms with Gasteiger partial charge in [0, 0.05) is 18.9 Å². The fourth-order valence-electron chi connectivity index (χ4n) is 3.50. The standard InChI is InChI=1S/C23H26N2O5/c1-3-29-20-11-7-4-8-17(20)12-13-23(28)30-15-22(27)25-16(2)14-21(26)24-18-9-5-6-10-19(18)25/h4-11,16H,3,12-15H2,1-2H3,(H,24,26). The minimum absolute atomic E-state index is 0.142. The van der Waals surface area contributed by atoms with Gasteiger partial charge in [-0.25, -0.2) is 0 Å². The van der Waals surface area contributed by atoms with Crippen LogP contribution < -0.4 is 15.0 Å². The molecule has 1 unspecified atom stereocenters. The Morgan fingerprint density at radius 3 is 2.67 bits per heavy atom. The molecule has 7 nitrogen and oxygen atoms in total. The number of fused-ring (bicyclic) bond motifs is 1. The van der Waals surface area contributed by atoms with E-state index in [1.165, 1.54) is 4.90 Å². The zero-order chi connectivity index (χ0) is 21.5. The van der Waals surface area contributed by atoms with E-state index in [9.17, 15) is 14.4 Å². The van der Waals surface area contributed by atoms with Gasteiger partial charge in [0.2, 0.25) is 5.91 Å². The van der Waals surface area contributed by atoms with Crippen LogP contribution in [0.1, 0.15) is 32.3 Å². The molecule has 0 fully saturated rings. The van der Waals surface area contributed by atoms with E-state index < -0.39 is 5.97 Å². The van der Waals surface area contributed by atoms with E-state index in [1.807, 2.05) is 31.2 Å². The Morgan fingerprint density at radius 1 is 1.13 bits per heavy atom. The lowest BCUT2D eigenvalue weighted by atomic mass is 10.1. The first-order valence-corrected chi connectivity index (χ1v) is 10.1. The van der Waals surface area contributed by atoms with Gasteiger partial charge in [-0.15, -0.1) is 0 Å². The second kappa shape index (κ2) is 9.91. The number of carbonyl (C=O) groups is 3. The van der Waals surface area contributed by atoms with E-state index >= 15 is 0 Å². The van der Waals surface area contributed by atoms with Crippen LogP contribution in [0.15, 0.2) is 48.5 Å². The molecular formula is C23H26N2O5. The number of nitrogens with one attached hydrogen (secondary N) is 1. The smallest absolute Gasteiger partial charge is 0.306 e. The third kappa shape index (κ3) is 5.17. The highest BCUT2D eigenvalue weighted by atomic mass is 16.5. The van der Waals surface area contributed by atoms with Gasteiger partial charge < -0.3 is 19.7 Å². The van der Waals surface area contributed by atoms with Gasteiger partial charge in [0.15, 0.2) is 6.61 Å². The van der Waals surface area contributed by atoms with E-state index in [4.69, 9.17) is 9.47 Å². The number of esters is 1. The molecule has 1 heterocycles. The average molecular weight is 410 g/mol. The highest BCUT2D eigenvalue weighted by Crippen LogP contribution is 2.31. The van der Waals surface area contributed by atoms with Crippen molar-refractivity contribution in [2.24, 2.45) is 0 Å². The monoisotopic (exact) mass is 410 g/mol. The van der Waals surface area contributed by atoms with Gasteiger partial charge in [-0.3, -0.25) is 14.4 Å². The molecule has 1 N–H and O–H groups in total. The molecule has 2 aromatic carbocycles. The van der Waals surface area contributed by atoms with Crippen LogP contribution in [0.2, 0.25) is 0 Å². The molecule has 0 aromatic heterocycles. The lowest BCUT2D eigenvalue weighted by Gasteiger charge is -2.27. The van der Waals surface area contributed by atoms with E-state index in [0.29, 0.717) is 24.4 Å². The van der Waals surface area contributed by atoms with Gasteiger partial charge in [0.05, 0.1) is 18.0 Å². The second-order valence-electron chi connectivity index (χ2n) is 7.08. The molecule has 158 valence electrons. The van der Waals surface area contributed by atoms with Crippen molar-refractivity contribution in [1.82, 2.24) is 0 Å². The summed E-state index contributed by atoms with van der Waals surface area (Å²) >= 11 is 0. The van der Waals surface area contributed by atoms with E-state index in [-0.39, 0.29) is 37.3 Å². The third-order valence-corrected chi connectivity index (χ3v) is 4.86. The summed E-state index contributed by atoms with van der Waals surface area (Å²) in [5.74, 6) is -0.236. The first-order valence-electron chi connectivity index (χ1n) is 10.1. The van der Waals surface area contributed by atoms with Crippen LogP contribution in [-0.4, -0.2) is 37.0 Å². The molecule has 0 saturated carbocycles. The van der Waals surface area contributed by atoms with Crippen LogP contribution in [0, 0.1) is 0 Å². The number of aryl methyl sites for hydroxylation is 1. The first kappa shape index (κ1) is 21.4. The minimum atomic E-state index is -0.459. The molecule has 7 heteroatoms. The Bertz CT molecular complexity index is 927. The van der Waals surface area contributed by atoms with Crippen LogP contribution in [0.3, 0.4) is 0 Å². The molecule has 2 amide bonds. The SMILES string of the molecule is CCOc1ccccc1CCC(=O)OCC(=O)N1c2ccccc2NC(=O)CC1C. The number of rotatable bonds is 7. The molecule has 0 bridgehead atoms. The van der Waals surface area contributed by atoms with Crippen molar-refractivity contribution < 1.29 is 23.9 Å². The Hall–Kier alpha value is -3.35. The van der Waals surface area contributed by atoms with Gasteiger partial charge in [0.25, 0.3) is 5.91 Å². The summed E-state index contributed by atoms with van der Waals surface area (Å²) in [6.45, 7) is 3.87. The summed E-state index contributed by atoms with van der Waals surface area (Å²) in [5, 5.41) is 2.80. The number of hydrogen-bond acceptors (Lipinski definition) is 5. The topological polar surface area (TPSA) is 84.9 Å². The molecule has 1 aliphatic heterocycles. The Balaban J connectivity index is 1.60. The quantitative estimate of drug-likeness (QED) is 0.708. The molecule has 0 aliphatic carbocycles. The van der Waals surface area contributed by atoms with E-state index in [2.05, 4.69) is 5.32 Å². The number of benzene rings is 2. The fraction of sp³-hybridized carbons (Fsp3) is 0.348. The number of nitrogens with zero attached hydrogens (tertiary/aromatic N) is 1. The van der Waals surface area contributed by atoms with Crippen LogP contribution >= 0.6 is 0 Å². The molecule has 30 heavy (non-hydrogen) atoms. The lowest BCUT2D eigenvalue weighted by Crippen LogP contribution is -2.41. The summed E-state index contributed by atoms with van der Waals surface area (Å²) in [6.07, 6.45) is 0.775. The van der Waals surface area contributed by atoms with Gasteiger partial charge in [-0.05, 0) is 44.0 Å². The molecule has 2 aromatic rings. The number of hydrogen-bond donors (Lipinski definition) is 1. The Morgan fingerprint density at radius 2 is 1.87 bits per heavy atom. The Kier molecular flexibility index (Phi) is 7.06. The van der Waals surface area contributed by atoms with E-state index in [1.54, 1.807) is 31.2 Å². The van der Waals surface area contributed by atoms with Gasteiger partial charge in [-0.2, -0.15) is 0 Å². The number of ether oxygens (including phenoxy) is 2. The maximum Gasteiger partial charge on any atom is 0.306 e. The van der Waals surface area contributed by atoms with Gasteiger partial charge in [0.1, 0.15) is 5.75 Å². The summed E-state index contributed by atoms with van der Waals surface area (Å²) in [5.41, 5.74) is 2.09. The second-order valence-corrected chi connectivity index (χ2v) is 7.08. The molecule has 0 radical (unpaired) electrons. The summed E-state index contributed by atoms with van der Waals surface area (Å²) in [6, 6.07) is 14.3. The van der Waals surface area contributed by atoms with E-state index in [0.717, 1.165) is 11.3 Å². The first-order chi connectivity index (χ1) is 14.5. The van der Waals surface area contributed by atoms with Gasteiger partial charge in [-0.1, -0.05) is 30.3 Å². The predicted octanol–water partition coefficient (Wildman–Crippen LogP) is 3.33. The maximum atomic E-state index is 12.8. The number of para-hydroxylation sites is 3. The summed E-state index contributed by atoms with van der Waals surface area (Å²) < 4.78 is 10.8. The zero-order valence-corrected chi connectivity index (χ0v) is 17.2. The lowest BCUT2D eigenvalue weighted by molar-refractivity contribution is -0.148. The van der Waals surface area contributed by atoms with Crippen molar-refractivity contribution in [2.45, 2.75) is 39.2 Å². The third-order valence-electron chi connectivity index (χ3n) is 4.86. The molecule has 3 rings (SSSR count). The number of carbonyl (C=O) groups excluding carboxylic acids is 3. The molecule has 1 aliphatic rings. The number of amides is 2. The van der Waals surface area contributed by atoms with Crippen molar-refractivity contribution in [3.05, 3.63) is 54.1 Å². The van der Waals surface area contributed by atoms with Crippen LogP contribution in [0.25, 0.3) is 0 Å². The molecule has 1 atom stereocenters. The predicted molar refractivity (Wildman–Crippen MR) is 114 cm³/mol. The fourth-order valence-corrected chi connectivity index (χ4v) is 3.50. The molecule has 0 saturated heterocycles. The van der Waals surface area contributed by atoms with Crippen LogP contribution in [0.5, 0.6) is 5.75 Å². The highest BCUT2D eigenvalue weighted by molar-refractivity contribution is 6.05. The van der Waals surface area contributed by atoms with Crippen molar-refractivity contribution in [1.29, 1.82) is 0 Å². The van der Waals surface area contributed by atoms with Gasteiger partial charge >= 0.3 is 5.97 Å². The van der Waals surface area contributed by atoms with Crippen LogP contribution in [0.4, 0.5) is 11.4 Å². The van der Waals surface area contributed by atoms with Crippen molar-refractivity contribution in [3.63, 3.8) is 0 Å². The van der Waals surface area contributed by atoms with Crippen molar-refractivity contribution >= 4 is 29.2 Å². The molecule has 0 spiro atoms. The van der Waals surface area contributed by atoms with Crippen LogP contribution in [-0.2, 0) is 25.5 Å². The normalized spacial score (nSPS) is 15.6. The number of anilines is 2. The largest absolute Gasteiger partial charge is 0.494 e. The zero-order valence-electron chi connectivity index (χ0n) is 17.2. The van der Waals surface area contributed by atoms with Crippen molar-refractivity contribution in [2.75, 3.05) is 23.4 Å². The summed E-state index contributed by atoms with van der Waals surface area (Å²) in [7, 11) is 0. The maximum absolute atomic E-state index is 12.8. The Labute approximate surface area is 176 Å². The van der Waals surface area contributed by atoms with Crippen molar-refractivity contribution in [3.8, 4) is 5.75 Å². The minimum Gasteiger partial charge on any atom is -0.494 e. The average Bonchev–Trinajstić information content (AvgIpc) is 2.85. The highest BCUT2D eigenvalue weighted by Gasteiger charge is 2.30. The summed E-state index contributed by atoms with van der Waals surface area (Å²) in [4.78, 5) is 38.6.